The van der Waals surface area contributed by atoms with Gasteiger partial charge in [-0.25, -0.2) is 4.39 Å². The van der Waals surface area contributed by atoms with Crippen molar-refractivity contribution in [2.75, 3.05) is 4.90 Å². The Balaban J connectivity index is 1.52. The fourth-order valence-electron chi connectivity index (χ4n) is 3.68. The molecule has 4 rings (SSSR count). The van der Waals surface area contributed by atoms with E-state index in [1.807, 2.05) is 60.4 Å². The van der Waals surface area contributed by atoms with Crippen molar-refractivity contribution in [2.45, 2.75) is 25.9 Å². The van der Waals surface area contributed by atoms with E-state index >= 15 is 0 Å². The summed E-state index contributed by atoms with van der Waals surface area (Å²) in [6.07, 6.45) is 0.802. The van der Waals surface area contributed by atoms with Crippen molar-refractivity contribution >= 4 is 17.5 Å². The molecule has 0 bridgehead atoms. The molecule has 146 valence electrons. The molecular formula is C24H21FN2O2. The molecule has 1 aliphatic heterocycles. The van der Waals surface area contributed by atoms with Gasteiger partial charge in [-0.15, -0.1) is 0 Å². The van der Waals surface area contributed by atoms with Crippen molar-refractivity contribution in [1.29, 1.82) is 0 Å². The number of nitrogens with one attached hydrogen (secondary N) is 1. The zero-order valence-corrected chi connectivity index (χ0v) is 16.1. The van der Waals surface area contributed by atoms with Crippen molar-refractivity contribution in [2.24, 2.45) is 0 Å². The van der Waals surface area contributed by atoms with Gasteiger partial charge in [0, 0.05) is 29.4 Å². The highest BCUT2D eigenvalue weighted by atomic mass is 19.1. The number of rotatable bonds is 4. The van der Waals surface area contributed by atoms with E-state index in [0.29, 0.717) is 17.7 Å². The molecule has 4 nitrogen and oxygen atoms in total. The quantitative estimate of drug-likeness (QED) is 0.723. The van der Waals surface area contributed by atoms with Crippen LogP contribution in [0.1, 0.15) is 38.8 Å². The Hall–Kier alpha value is -3.47. The molecule has 3 aromatic rings. The predicted molar refractivity (Wildman–Crippen MR) is 110 cm³/mol. The zero-order valence-electron chi connectivity index (χ0n) is 16.1. The molecule has 1 N–H and O–H groups in total. The second-order valence-electron chi connectivity index (χ2n) is 7.25. The van der Waals surface area contributed by atoms with Crippen LogP contribution in [0.5, 0.6) is 0 Å². The van der Waals surface area contributed by atoms with Gasteiger partial charge in [0.25, 0.3) is 11.8 Å². The van der Waals surface area contributed by atoms with Crippen LogP contribution in [0.25, 0.3) is 0 Å². The third-order valence-corrected chi connectivity index (χ3v) is 5.16. The van der Waals surface area contributed by atoms with E-state index in [0.717, 1.165) is 23.2 Å². The number of halogens is 1. The first-order chi connectivity index (χ1) is 14.0. The van der Waals surface area contributed by atoms with Crippen LogP contribution in [-0.4, -0.2) is 17.9 Å². The Morgan fingerprint density at radius 1 is 1.00 bits per heavy atom. The predicted octanol–water partition coefficient (Wildman–Crippen LogP) is 4.35. The summed E-state index contributed by atoms with van der Waals surface area (Å²) in [6, 6.07) is 20.7. The second kappa shape index (κ2) is 7.87. The van der Waals surface area contributed by atoms with Gasteiger partial charge in [0.2, 0.25) is 0 Å². The number of benzene rings is 3. The van der Waals surface area contributed by atoms with E-state index < -0.39 is 0 Å². The van der Waals surface area contributed by atoms with Gasteiger partial charge in [-0.3, -0.25) is 9.59 Å². The number of hydrogen-bond donors (Lipinski definition) is 1. The molecule has 1 atom stereocenters. The molecule has 3 aromatic carbocycles. The third-order valence-electron chi connectivity index (χ3n) is 5.16. The van der Waals surface area contributed by atoms with Crippen LogP contribution in [0.4, 0.5) is 10.1 Å². The molecule has 0 aliphatic carbocycles. The molecular weight excluding hydrogens is 367 g/mol. The zero-order chi connectivity index (χ0) is 20.4. The first-order valence-electron chi connectivity index (χ1n) is 9.57. The van der Waals surface area contributed by atoms with Crippen LogP contribution in [-0.2, 0) is 13.0 Å². The molecule has 1 aliphatic rings. The lowest BCUT2D eigenvalue weighted by molar-refractivity contribution is 0.0948. The van der Waals surface area contributed by atoms with Gasteiger partial charge in [-0.05, 0) is 66.9 Å². The summed E-state index contributed by atoms with van der Waals surface area (Å²) in [5, 5.41) is 2.85. The molecule has 0 aromatic heterocycles. The average molecular weight is 388 g/mol. The highest BCUT2D eigenvalue weighted by Gasteiger charge is 2.31. The van der Waals surface area contributed by atoms with Crippen molar-refractivity contribution < 1.29 is 14.0 Å². The van der Waals surface area contributed by atoms with Crippen LogP contribution in [0.2, 0.25) is 0 Å². The molecule has 0 saturated heterocycles. The number of carbonyl (C=O) groups is 2. The van der Waals surface area contributed by atoms with Crippen LogP contribution in [0.3, 0.4) is 0 Å². The lowest BCUT2D eigenvalue weighted by atomic mass is 10.1. The fraction of sp³-hybridized carbons (Fsp3) is 0.167. The van der Waals surface area contributed by atoms with Crippen LogP contribution in [0.15, 0.2) is 72.8 Å². The highest BCUT2D eigenvalue weighted by Crippen LogP contribution is 2.34. The summed E-state index contributed by atoms with van der Waals surface area (Å²) in [5.41, 5.74) is 3.97. The van der Waals surface area contributed by atoms with Crippen LogP contribution >= 0.6 is 0 Å². The van der Waals surface area contributed by atoms with Crippen molar-refractivity contribution in [3.63, 3.8) is 0 Å². The topological polar surface area (TPSA) is 49.4 Å². The van der Waals surface area contributed by atoms with E-state index in [-0.39, 0.29) is 23.7 Å². The van der Waals surface area contributed by atoms with Crippen molar-refractivity contribution in [3.05, 3.63) is 101 Å². The summed E-state index contributed by atoms with van der Waals surface area (Å²) >= 11 is 0. The van der Waals surface area contributed by atoms with Gasteiger partial charge in [0.05, 0.1) is 0 Å². The molecule has 29 heavy (non-hydrogen) atoms. The largest absolute Gasteiger partial charge is 0.348 e. The minimum absolute atomic E-state index is 0.0238. The molecule has 0 unspecified atom stereocenters. The number of amides is 2. The molecule has 0 saturated carbocycles. The van der Waals surface area contributed by atoms with E-state index in [1.54, 1.807) is 0 Å². The van der Waals surface area contributed by atoms with Crippen molar-refractivity contribution in [3.8, 4) is 0 Å². The Bertz CT molecular complexity index is 1050. The SMILES string of the molecule is C[C@H]1Cc2ccc(CNC(=O)c3ccc(F)cc3)cc2N1C(=O)c1ccccc1. The molecule has 5 heteroatoms. The van der Waals surface area contributed by atoms with Gasteiger partial charge in [0.1, 0.15) is 5.82 Å². The maximum atomic E-state index is 13.0. The monoisotopic (exact) mass is 388 g/mol. The lowest BCUT2D eigenvalue weighted by Gasteiger charge is -2.23. The maximum Gasteiger partial charge on any atom is 0.258 e. The number of anilines is 1. The van der Waals surface area contributed by atoms with Gasteiger partial charge in [0.15, 0.2) is 0 Å². The molecule has 2 amide bonds. The fourth-order valence-corrected chi connectivity index (χ4v) is 3.68. The van der Waals surface area contributed by atoms with Crippen LogP contribution < -0.4 is 10.2 Å². The molecule has 0 fully saturated rings. The summed E-state index contributed by atoms with van der Waals surface area (Å²) in [6.45, 7) is 2.36. The highest BCUT2D eigenvalue weighted by molar-refractivity contribution is 6.07. The number of carbonyl (C=O) groups excluding carboxylic acids is 2. The van der Waals surface area contributed by atoms with Gasteiger partial charge in [-0.2, -0.15) is 0 Å². The van der Waals surface area contributed by atoms with E-state index in [9.17, 15) is 14.0 Å². The summed E-state index contributed by atoms with van der Waals surface area (Å²) in [5.74, 6) is -0.669. The number of fused-ring (bicyclic) bond motifs is 1. The van der Waals surface area contributed by atoms with E-state index in [2.05, 4.69) is 5.32 Å². The molecule has 0 radical (unpaired) electrons. The third kappa shape index (κ3) is 3.90. The van der Waals surface area contributed by atoms with E-state index in [4.69, 9.17) is 0 Å². The standard InChI is InChI=1S/C24H21FN2O2/c1-16-13-20-8-7-17(15-26-23(28)18-9-11-21(25)12-10-18)14-22(20)27(16)24(29)19-5-3-2-4-6-19/h2-12,14,16H,13,15H2,1H3,(H,26,28)/t16-/m0/s1. The number of hydrogen-bond acceptors (Lipinski definition) is 2. The van der Waals surface area contributed by atoms with Crippen molar-refractivity contribution in [1.82, 2.24) is 5.32 Å². The van der Waals surface area contributed by atoms with Crippen LogP contribution in [0, 0.1) is 5.82 Å². The molecule has 0 spiro atoms. The summed E-state index contributed by atoms with van der Waals surface area (Å²) in [4.78, 5) is 27.1. The van der Waals surface area contributed by atoms with E-state index in [1.165, 1.54) is 24.3 Å². The lowest BCUT2D eigenvalue weighted by Crippen LogP contribution is -2.35. The summed E-state index contributed by atoms with van der Waals surface area (Å²) < 4.78 is 13.0. The average Bonchev–Trinajstić information content (AvgIpc) is 3.07. The smallest absolute Gasteiger partial charge is 0.258 e. The minimum atomic E-state index is -0.377. The molecule has 1 heterocycles. The Morgan fingerprint density at radius 2 is 1.72 bits per heavy atom. The van der Waals surface area contributed by atoms with Gasteiger partial charge >= 0.3 is 0 Å². The first kappa shape index (κ1) is 18.9. The Labute approximate surface area is 169 Å². The maximum absolute atomic E-state index is 13.0. The number of nitrogens with zero attached hydrogens (tertiary/aromatic N) is 1. The Morgan fingerprint density at radius 3 is 2.45 bits per heavy atom. The van der Waals surface area contributed by atoms with Gasteiger partial charge in [-0.1, -0.05) is 30.3 Å². The normalized spacial score (nSPS) is 15.1. The minimum Gasteiger partial charge on any atom is -0.348 e. The van der Waals surface area contributed by atoms with Gasteiger partial charge < -0.3 is 10.2 Å². The first-order valence-corrected chi connectivity index (χ1v) is 9.57. The summed E-state index contributed by atoms with van der Waals surface area (Å²) in [7, 11) is 0. The second-order valence-corrected chi connectivity index (χ2v) is 7.25. The Kier molecular flexibility index (Phi) is 5.12.